The molecular formula is C16H23N3. The van der Waals surface area contributed by atoms with E-state index in [9.17, 15) is 5.26 Å². The first-order valence-corrected chi connectivity index (χ1v) is 7.21. The van der Waals surface area contributed by atoms with Crippen molar-refractivity contribution in [2.75, 3.05) is 18.5 Å². The number of nitrogens with zero attached hydrogens (tertiary/aromatic N) is 3. The van der Waals surface area contributed by atoms with Gasteiger partial charge >= 0.3 is 0 Å². The largest absolute Gasteiger partial charge is 0.358 e. The normalized spacial score (nSPS) is 16.1. The summed E-state index contributed by atoms with van der Waals surface area (Å²) < 4.78 is 0. The van der Waals surface area contributed by atoms with E-state index in [1.165, 1.54) is 32.1 Å². The molecule has 0 spiro atoms. The van der Waals surface area contributed by atoms with Gasteiger partial charge in [-0.05, 0) is 44.2 Å². The fourth-order valence-corrected chi connectivity index (χ4v) is 3.07. The fraction of sp³-hybridized carbons (Fsp3) is 0.625. The monoisotopic (exact) mass is 257 g/mol. The lowest BCUT2D eigenvalue weighted by molar-refractivity contribution is 0.361. The van der Waals surface area contributed by atoms with E-state index < -0.39 is 0 Å². The van der Waals surface area contributed by atoms with Crippen molar-refractivity contribution in [1.29, 1.82) is 5.26 Å². The molecule has 0 saturated heterocycles. The van der Waals surface area contributed by atoms with E-state index in [1.807, 2.05) is 19.9 Å². The molecule has 1 saturated carbocycles. The van der Waals surface area contributed by atoms with Crippen LogP contribution < -0.4 is 4.90 Å². The van der Waals surface area contributed by atoms with Gasteiger partial charge in [-0.1, -0.05) is 19.3 Å². The number of anilines is 1. The van der Waals surface area contributed by atoms with Gasteiger partial charge < -0.3 is 4.90 Å². The Labute approximate surface area is 116 Å². The topological polar surface area (TPSA) is 39.9 Å². The molecule has 1 fully saturated rings. The number of pyridine rings is 1. The van der Waals surface area contributed by atoms with Gasteiger partial charge in [-0.2, -0.15) is 5.26 Å². The fourth-order valence-electron chi connectivity index (χ4n) is 3.07. The van der Waals surface area contributed by atoms with Crippen LogP contribution >= 0.6 is 0 Å². The molecule has 1 aromatic heterocycles. The minimum absolute atomic E-state index is 0.726. The zero-order chi connectivity index (χ0) is 13.8. The van der Waals surface area contributed by atoms with Crippen molar-refractivity contribution in [2.24, 2.45) is 5.92 Å². The highest BCUT2D eigenvalue weighted by atomic mass is 15.2. The van der Waals surface area contributed by atoms with Gasteiger partial charge in [0, 0.05) is 19.3 Å². The Kier molecular flexibility index (Phi) is 4.42. The first-order valence-electron chi connectivity index (χ1n) is 7.21. The average Bonchev–Trinajstić information content (AvgIpc) is 2.39. The molecular weight excluding hydrogens is 234 g/mol. The first-order chi connectivity index (χ1) is 9.11. The Morgan fingerprint density at radius 1 is 1.32 bits per heavy atom. The van der Waals surface area contributed by atoms with Gasteiger partial charge in [-0.25, -0.2) is 4.98 Å². The van der Waals surface area contributed by atoms with Gasteiger partial charge in [0.2, 0.25) is 0 Å². The number of aromatic nitrogens is 1. The molecule has 0 amide bonds. The molecule has 1 aromatic rings. The summed E-state index contributed by atoms with van der Waals surface area (Å²) in [4.78, 5) is 6.75. The molecule has 1 heterocycles. The molecule has 1 aliphatic carbocycles. The highest BCUT2D eigenvalue weighted by Crippen LogP contribution is 2.27. The summed E-state index contributed by atoms with van der Waals surface area (Å²) in [5.74, 6) is 1.61. The summed E-state index contributed by atoms with van der Waals surface area (Å²) >= 11 is 0. The average molecular weight is 257 g/mol. The number of rotatable bonds is 3. The van der Waals surface area contributed by atoms with Crippen LogP contribution in [0, 0.1) is 31.1 Å². The smallest absolute Gasteiger partial charge is 0.146 e. The van der Waals surface area contributed by atoms with E-state index in [1.54, 1.807) is 0 Å². The van der Waals surface area contributed by atoms with Crippen molar-refractivity contribution < 1.29 is 0 Å². The Hall–Kier alpha value is -1.56. The lowest BCUT2D eigenvalue weighted by Gasteiger charge is -2.28. The van der Waals surface area contributed by atoms with Crippen LogP contribution in [0.15, 0.2) is 6.07 Å². The van der Waals surface area contributed by atoms with Crippen LogP contribution in [0.3, 0.4) is 0 Å². The molecule has 0 N–H and O–H groups in total. The van der Waals surface area contributed by atoms with Crippen LogP contribution in [0.5, 0.6) is 0 Å². The Morgan fingerprint density at radius 3 is 2.63 bits per heavy atom. The van der Waals surface area contributed by atoms with E-state index >= 15 is 0 Å². The molecule has 3 heteroatoms. The Bertz CT molecular complexity index is 482. The molecule has 0 radical (unpaired) electrons. The van der Waals surface area contributed by atoms with Crippen LogP contribution in [0.1, 0.15) is 48.9 Å². The zero-order valence-corrected chi connectivity index (χ0v) is 12.2. The van der Waals surface area contributed by atoms with E-state index in [-0.39, 0.29) is 0 Å². The van der Waals surface area contributed by atoms with Gasteiger partial charge in [0.15, 0.2) is 0 Å². The maximum atomic E-state index is 9.33. The van der Waals surface area contributed by atoms with Crippen molar-refractivity contribution in [3.05, 3.63) is 22.9 Å². The molecule has 0 aromatic carbocycles. The second kappa shape index (κ2) is 6.06. The third-order valence-electron chi connectivity index (χ3n) is 4.06. The maximum absolute atomic E-state index is 9.33. The lowest BCUT2D eigenvalue weighted by atomic mass is 9.89. The number of nitriles is 1. The Morgan fingerprint density at radius 2 is 2.00 bits per heavy atom. The van der Waals surface area contributed by atoms with E-state index in [0.29, 0.717) is 0 Å². The molecule has 3 nitrogen and oxygen atoms in total. The summed E-state index contributed by atoms with van der Waals surface area (Å²) in [5.41, 5.74) is 2.74. The molecule has 2 rings (SSSR count). The van der Waals surface area contributed by atoms with E-state index in [4.69, 9.17) is 0 Å². The van der Waals surface area contributed by atoms with Crippen molar-refractivity contribution in [1.82, 2.24) is 4.98 Å². The van der Waals surface area contributed by atoms with Crippen LogP contribution in [0.2, 0.25) is 0 Å². The van der Waals surface area contributed by atoms with Crippen molar-refractivity contribution in [3.63, 3.8) is 0 Å². The summed E-state index contributed by atoms with van der Waals surface area (Å²) in [7, 11) is 2.07. The lowest BCUT2D eigenvalue weighted by Crippen LogP contribution is -2.28. The second-order valence-corrected chi connectivity index (χ2v) is 5.78. The standard InChI is InChI=1S/C16H23N3/c1-12-9-13(2)18-16(15(12)10-17)19(3)11-14-7-5-4-6-8-14/h9,14H,4-8,11H2,1-3H3. The minimum Gasteiger partial charge on any atom is -0.358 e. The van der Waals surface area contributed by atoms with Crippen LogP contribution in [-0.4, -0.2) is 18.6 Å². The van der Waals surface area contributed by atoms with Crippen molar-refractivity contribution in [2.45, 2.75) is 46.0 Å². The number of hydrogen-bond acceptors (Lipinski definition) is 3. The molecule has 1 aliphatic rings. The predicted molar refractivity (Wildman–Crippen MR) is 78.3 cm³/mol. The summed E-state index contributed by atoms with van der Waals surface area (Å²) in [6.07, 6.45) is 6.72. The molecule has 102 valence electrons. The first kappa shape index (κ1) is 13.9. The van der Waals surface area contributed by atoms with Crippen molar-refractivity contribution in [3.8, 4) is 6.07 Å². The molecule has 19 heavy (non-hydrogen) atoms. The van der Waals surface area contributed by atoms with Crippen molar-refractivity contribution >= 4 is 5.82 Å². The third kappa shape index (κ3) is 3.26. The number of hydrogen-bond donors (Lipinski definition) is 0. The van der Waals surface area contributed by atoms with E-state index in [0.717, 1.165) is 35.1 Å². The van der Waals surface area contributed by atoms with Gasteiger partial charge in [-0.3, -0.25) is 0 Å². The molecule has 0 aliphatic heterocycles. The predicted octanol–water partition coefficient (Wildman–Crippen LogP) is 3.59. The highest BCUT2D eigenvalue weighted by Gasteiger charge is 2.19. The maximum Gasteiger partial charge on any atom is 0.146 e. The zero-order valence-electron chi connectivity index (χ0n) is 12.2. The molecule has 0 unspecified atom stereocenters. The van der Waals surface area contributed by atoms with Gasteiger partial charge in [0.1, 0.15) is 11.9 Å². The second-order valence-electron chi connectivity index (χ2n) is 5.78. The minimum atomic E-state index is 0.726. The summed E-state index contributed by atoms with van der Waals surface area (Å²) in [6, 6.07) is 4.29. The molecule has 0 atom stereocenters. The number of aryl methyl sites for hydroxylation is 2. The quantitative estimate of drug-likeness (QED) is 0.830. The van der Waals surface area contributed by atoms with Gasteiger partial charge in [-0.15, -0.1) is 0 Å². The van der Waals surface area contributed by atoms with Gasteiger partial charge in [0.05, 0.1) is 5.56 Å². The SMILES string of the molecule is Cc1cc(C)c(C#N)c(N(C)CC2CCCCC2)n1. The van der Waals surface area contributed by atoms with Crippen LogP contribution in [0.25, 0.3) is 0 Å². The molecule has 0 bridgehead atoms. The van der Waals surface area contributed by atoms with Crippen LogP contribution in [0.4, 0.5) is 5.82 Å². The third-order valence-corrected chi connectivity index (χ3v) is 4.06. The van der Waals surface area contributed by atoms with E-state index in [2.05, 4.69) is 23.0 Å². The highest BCUT2D eigenvalue weighted by molar-refractivity contribution is 5.57. The summed E-state index contributed by atoms with van der Waals surface area (Å²) in [6.45, 7) is 5.00. The summed E-state index contributed by atoms with van der Waals surface area (Å²) in [5, 5.41) is 9.33. The van der Waals surface area contributed by atoms with Crippen LogP contribution in [-0.2, 0) is 0 Å². The Balaban J connectivity index is 2.18. The van der Waals surface area contributed by atoms with Gasteiger partial charge in [0.25, 0.3) is 0 Å².